The van der Waals surface area contributed by atoms with Crippen molar-refractivity contribution < 1.29 is 14.3 Å². The van der Waals surface area contributed by atoms with E-state index in [4.69, 9.17) is 4.74 Å². The number of likely N-dealkylation sites (N-methyl/N-ethyl adjacent to an activating group) is 1. The average Bonchev–Trinajstić information content (AvgIpc) is 2.75. The zero-order valence-electron chi connectivity index (χ0n) is 13.3. The first kappa shape index (κ1) is 16.3. The third-order valence-corrected chi connectivity index (χ3v) is 4.60. The molecule has 21 heavy (non-hydrogen) atoms. The van der Waals surface area contributed by atoms with Gasteiger partial charge in [-0.2, -0.15) is 0 Å². The van der Waals surface area contributed by atoms with Crippen molar-refractivity contribution in [2.45, 2.75) is 64.0 Å². The van der Waals surface area contributed by atoms with Crippen molar-refractivity contribution in [3.63, 3.8) is 0 Å². The van der Waals surface area contributed by atoms with E-state index in [1.807, 2.05) is 16.8 Å². The largest absolute Gasteiger partial charge is 0.451 e. The number of likely N-dealkylation sites (tertiary alicyclic amines) is 2. The molecule has 0 spiro atoms. The first-order valence-electron chi connectivity index (χ1n) is 8.29. The molecule has 0 saturated carbocycles. The topological polar surface area (TPSA) is 49.9 Å². The van der Waals surface area contributed by atoms with Gasteiger partial charge in [0, 0.05) is 13.1 Å². The molecular weight excluding hydrogens is 268 g/mol. The lowest BCUT2D eigenvalue weighted by molar-refractivity contribution is -0.164. The average molecular weight is 296 g/mol. The molecule has 5 heteroatoms. The van der Waals surface area contributed by atoms with E-state index >= 15 is 0 Å². The maximum Gasteiger partial charge on any atom is 0.324 e. The Morgan fingerprint density at radius 2 is 1.62 bits per heavy atom. The summed E-state index contributed by atoms with van der Waals surface area (Å²) < 4.78 is 5.44. The van der Waals surface area contributed by atoms with E-state index in [2.05, 4.69) is 0 Å². The third-order valence-electron chi connectivity index (χ3n) is 4.60. The monoisotopic (exact) mass is 296 g/mol. The summed E-state index contributed by atoms with van der Waals surface area (Å²) in [6.07, 6.45) is 6.83. The fourth-order valence-electron chi connectivity index (χ4n) is 3.22. The van der Waals surface area contributed by atoms with Crippen molar-refractivity contribution in [3.05, 3.63) is 0 Å². The highest BCUT2D eigenvalue weighted by Crippen LogP contribution is 2.17. The summed E-state index contributed by atoms with van der Waals surface area (Å²) in [5.74, 6) is -0.281. The van der Waals surface area contributed by atoms with Crippen LogP contribution < -0.4 is 0 Å². The molecule has 2 heterocycles. The van der Waals surface area contributed by atoms with Gasteiger partial charge in [0.1, 0.15) is 6.04 Å². The second kappa shape index (κ2) is 7.78. The molecule has 120 valence electrons. The van der Waals surface area contributed by atoms with Gasteiger partial charge in [-0.3, -0.25) is 14.5 Å². The summed E-state index contributed by atoms with van der Waals surface area (Å²) >= 11 is 0. The quantitative estimate of drug-likeness (QED) is 0.745. The second-order valence-corrected chi connectivity index (χ2v) is 6.31. The molecule has 0 N–H and O–H groups in total. The summed E-state index contributed by atoms with van der Waals surface area (Å²) in [5.41, 5.74) is 0. The lowest BCUT2D eigenvalue weighted by Crippen LogP contribution is -2.46. The fourth-order valence-corrected chi connectivity index (χ4v) is 3.22. The maximum atomic E-state index is 12.4. The highest BCUT2D eigenvalue weighted by atomic mass is 16.5. The number of nitrogens with zero attached hydrogens (tertiary/aromatic N) is 2. The molecule has 0 aromatic carbocycles. The number of carbonyl (C=O) groups is 2. The first-order chi connectivity index (χ1) is 10.1. The predicted molar refractivity (Wildman–Crippen MR) is 80.9 cm³/mol. The molecule has 2 aliphatic rings. The van der Waals surface area contributed by atoms with Crippen molar-refractivity contribution >= 4 is 11.9 Å². The van der Waals surface area contributed by atoms with Crippen LogP contribution in [0.15, 0.2) is 0 Å². The molecule has 2 aliphatic heterocycles. The Hall–Kier alpha value is -1.10. The van der Waals surface area contributed by atoms with E-state index in [1.54, 1.807) is 6.92 Å². The smallest absolute Gasteiger partial charge is 0.324 e. The van der Waals surface area contributed by atoms with Gasteiger partial charge in [-0.1, -0.05) is 19.3 Å². The SMILES string of the molecule is CC(OC(=O)C1CCCCN1C)C(=O)N1CCCCCC1. The molecule has 0 bridgehead atoms. The number of carbonyl (C=O) groups excluding carboxylic acids is 2. The van der Waals surface area contributed by atoms with Crippen LogP contribution in [0, 0.1) is 0 Å². The van der Waals surface area contributed by atoms with Gasteiger partial charge in [-0.15, -0.1) is 0 Å². The second-order valence-electron chi connectivity index (χ2n) is 6.31. The first-order valence-corrected chi connectivity index (χ1v) is 8.29. The molecule has 0 aromatic heterocycles. The highest BCUT2D eigenvalue weighted by Gasteiger charge is 2.31. The van der Waals surface area contributed by atoms with Gasteiger partial charge >= 0.3 is 5.97 Å². The highest BCUT2D eigenvalue weighted by molar-refractivity contribution is 5.85. The minimum atomic E-state index is -0.661. The number of esters is 1. The minimum absolute atomic E-state index is 0.0382. The van der Waals surface area contributed by atoms with Gasteiger partial charge in [0.2, 0.25) is 0 Å². The Morgan fingerprint density at radius 3 is 2.24 bits per heavy atom. The van der Waals surface area contributed by atoms with Crippen molar-refractivity contribution in [2.75, 3.05) is 26.7 Å². The Morgan fingerprint density at radius 1 is 1.00 bits per heavy atom. The molecule has 2 atom stereocenters. The van der Waals surface area contributed by atoms with Crippen LogP contribution in [0.2, 0.25) is 0 Å². The van der Waals surface area contributed by atoms with E-state index < -0.39 is 6.10 Å². The molecule has 2 rings (SSSR count). The van der Waals surface area contributed by atoms with E-state index in [-0.39, 0.29) is 17.9 Å². The molecule has 1 amide bonds. The van der Waals surface area contributed by atoms with Gasteiger partial charge in [0.05, 0.1) is 0 Å². The van der Waals surface area contributed by atoms with Crippen molar-refractivity contribution in [3.8, 4) is 0 Å². The summed E-state index contributed by atoms with van der Waals surface area (Å²) in [4.78, 5) is 28.5. The zero-order valence-corrected chi connectivity index (χ0v) is 13.3. The van der Waals surface area contributed by atoms with Gasteiger partial charge in [0.15, 0.2) is 6.10 Å². The molecule has 2 fully saturated rings. The fraction of sp³-hybridized carbons (Fsp3) is 0.875. The molecule has 0 aliphatic carbocycles. The van der Waals surface area contributed by atoms with Crippen molar-refractivity contribution in [1.82, 2.24) is 9.80 Å². The summed E-state index contributed by atoms with van der Waals surface area (Å²) in [5, 5.41) is 0. The lowest BCUT2D eigenvalue weighted by atomic mass is 10.0. The molecule has 2 unspecified atom stereocenters. The van der Waals surface area contributed by atoms with Crippen molar-refractivity contribution in [1.29, 1.82) is 0 Å². The molecule has 5 nitrogen and oxygen atoms in total. The van der Waals surface area contributed by atoms with Crippen LogP contribution in [0.25, 0.3) is 0 Å². The van der Waals surface area contributed by atoms with Crippen molar-refractivity contribution in [2.24, 2.45) is 0 Å². The van der Waals surface area contributed by atoms with Gasteiger partial charge in [-0.25, -0.2) is 0 Å². The lowest BCUT2D eigenvalue weighted by Gasteiger charge is -2.32. The van der Waals surface area contributed by atoms with Crippen LogP contribution in [0.3, 0.4) is 0 Å². The van der Waals surface area contributed by atoms with Crippen LogP contribution in [-0.2, 0) is 14.3 Å². The third kappa shape index (κ3) is 4.43. The summed E-state index contributed by atoms with van der Waals surface area (Å²) in [6, 6.07) is -0.182. The van der Waals surface area contributed by atoms with Gasteiger partial charge in [-0.05, 0) is 46.2 Å². The number of piperidine rings is 1. The summed E-state index contributed by atoms with van der Waals surface area (Å²) in [6.45, 7) is 4.22. The Bertz CT molecular complexity index is 365. The van der Waals surface area contributed by atoms with Crippen LogP contribution in [0.1, 0.15) is 51.9 Å². The molecule has 2 saturated heterocycles. The zero-order chi connectivity index (χ0) is 15.2. The Kier molecular flexibility index (Phi) is 6.03. The maximum absolute atomic E-state index is 12.4. The van der Waals surface area contributed by atoms with Crippen LogP contribution in [0.4, 0.5) is 0 Å². The standard InChI is InChI=1S/C16H28N2O3/c1-13(15(19)18-11-6-3-4-7-12-18)21-16(20)14-9-5-8-10-17(14)2/h13-14H,3-12H2,1-2H3. The Labute approximate surface area is 127 Å². The number of hydrogen-bond donors (Lipinski definition) is 0. The van der Waals surface area contributed by atoms with E-state index in [9.17, 15) is 9.59 Å². The summed E-state index contributed by atoms with van der Waals surface area (Å²) in [7, 11) is 1.95. The van der Waals surface area contributed by atoms with E-state index in [1.165, 1.54) is 12.8 Å². The van der Waals surface area contributed by atoms with Crippen LogP contribution >= 0.6 is 0 Å². The minimum Gasteiger partial charge on any atom is -0.451 e. The molecule has 0 aromatic rings. The Balaban J connectivity index is 1.85. The normalized spacial score (nSPS) is 26.0. The van der Waals surface area contributed by atoms with E-state index in [0.29, 0.717) is 0 Å². The number of amides is 1. The predicted octanol–water partition coefficient (Wildman–Crippen LogP) is 1.80. The van der Waals surface area contributed by atoms with Crippen LogP contribution in [0.5, 0.6) is 0 Å². The molecule has 0 radical (unpaired) electrons. The van der Waals surface area contributed by atoms with Gasteiger partial charge < -0.3 is 9.64 Å². The van der Waals surface area contributed by atoms with Crippen LogP contribution in [-0.4, -0.2) is 60.5 Å². The number of ether oxygens (including phenoxy) is 1. The molecular formula is C16H28N2O3. The number of hydrogen-bond acceptors (Lipinski definition) is 4. The van der Waals surface area contributed by atoms with E-state index in [0.717, 1.165) is 51.7 Å². The number of rotatable bonds is 3. The van der Waals surface area contributed by atoms with Gasteiger partial charge in [0.25, 0.3) is 5.91 Å².